The van der Waals surface area contributed by atoms with E-state index in [1.165, 1.54) is 11.3 Å². The van der Waals surface area contributed by atoms with Gasteiger partial charge in [0.1, 0.15) is 17.6 Å². The van der Waals surface area contributed by atoms with E-state index in [9.17, 15) is 9.59 Å². The molecule has 2 heterocycles. The second kappa shape index (κ2) is 9.57. The van der Waals surface area contributed by atoms with Crippen LogP contribution in [0.5, 0.6) is 11.5 Å². The molecule has 0 bridgehead atoms. The number of thiophene rings is 1. The third-order valence-electron chi connectivity index (χ3n) is 4.15. The van der Waals surface area contributed by atoms with Crippen molar-refractivity contribution in [1.82, 2.24) is 0 Å². The first-order valence-corrected chi connectivity index (χ1v) is 10.2. The largest absolute Gasteiger partial charge is 0.492 e. The lowest BCUT2D eigenvalue weighted by Crippen LogP contribution is -2.27. The summed E-state index contributed by atoms with van der Waals surface area (Å²) < 4.78 is 16.8. The van der Waals surface area contributed by atoms with Crippen molar-refractivity contribution >= 4 is 34.5 Å². The van der Waals surface area contributed by atoms with Gasteiger partial charge in [-0.3, -0.25) is 9.59 Å². The second-order valence-electron chi connectivity index (χ2n) is 6.13. The maximum Gasteiger partial charge on any atom is 0.265 e. The van der Waals surface area contributed by atoms with Gasteiger partial charge in [-0.15, -0.1) is 11.3 Å². The monoisotopic (exact) mass is 404 g/mol. The molecular formula is C20H24N2O5S. The Bertz CT molecular complexity index is 816. The Kier molecular flexibility index (Phi) is 6.89. The van der Waals surface area contributed by atoms with E-state index in [0.717, 1.165) is 6.42 Å². The van der Waals surface area contributed by atoms with Crippen molar-refractivity contribution in [2.24, 2.45) is 0 Å². The summed E-state index contributed by atoms with van der Waals surface area (Å²) in [5.74, 6) is 0.475. The highest BCUT2D eigenvalue weighted by molar-refractivity contribution is 7.12. The van der Waals surface area contributed by atoms with Crippen LogP contribution in [0, 0.1) is 0 Å². The zero-order chi connectivity index (χ0) is 19.9. The highest BCUT2D eigenvalue weighted by Crippen LogP contribution is 2.37. The van der Waals surface area contributed by atoms with Crippen molar-refractivity contribution < 1.29 is 23.8 Å². The Morgan fingerprint density at radius 2 is 1.82 bits per heavy atom. The molecule has 2 amide bonds. The number of rotatable bonds is 8. The van der Waals surface area contributed by atoms with Crippen LogP contribution in [-0.2, 0) is 9.53 Å². The number of benzene rings is 1. The van der Waals surface area contributed by atoms with Crippen molar-refractivity contribution in [1.29, 1.82) is 0 Å². The van der Waals surface area contributed by atoms with Gasteiger partial charge in [-0.2, -0.15) is 0 Å². The molecule has 7 nitrogen and oxygen atoms in total. The summed E-state index contributed by atoms with van der Waals surface area (Å²) in [6.07, 6.45) is 1.11. The first-order valence-electron chi connectivity index (χ1n) is 9.33. The van der Waals surface area contributed by atoms with E-state index >= 15 is 0 Å². The van der Waals surface area contributed by atoms with E-state index in [1.54, 1.807) is 18.2 Å². The molecule has 1 fully saturated rings. The summed E-state index contributed by atoms with van der Waals surface area (Å²) in [6.45, 7) is 5.12. The average Bonchev–Trinajstić information content (AvgIpc) is 3.39. The molecule has 1 atom stereocenters. The summed E-state index contributed by atoms with van der Waals surface area (Å²) in [6, 6.07) is 6.91. The van der Waals surface area contributed by atoms with Gasteiger partial charge in [0.05, 0.1) is 29.5 Å². The van der Waals surface area contributed by atoms with E-state index in [2.05, 4.69) is 10.6 Å². The van der Waals surface area contributed by atoms with Crippen LogP contribution < -0.4 is 20.1 Å². The van der Waals surface area contributed by atoms with Gasteiger partial charge in [0, 0.05) is 18.7 Å². The van der Waals surface area contributed by atoms with E-state index in [-0.39, 0.29) is 11.8 Å². The minimum absolute atomic E-state index is 0.212. The molecule has 1 aliphatic rings. The first kappa shape index (κ1) is 20.2. The zero-order valence-corrected chi connectivity index (χ0v) is 16.8. The van der Waals surface area contributed by atoms with Gasteiger partial charge in [-0.25, -0.2) is 0 Å². The number of amides is 2. The molecule has 8 heteroatoms. The normalized spacial score (nSPS) is 15.9. The third kappa shape index (κ3) is 4.82. The maximum atomic E-state index is 12.5. The predicted molar refractivity (Wildman–Crippen MR) is 109 cm³/mol. The summed E-state index contributed by atoms with van der Waals surface area (Å²) in [4.78, 5) is 25.5. The number of anilines is 2. The van der Waals surface area contributed by atoms with Crippen molar-refractivity contribution in [3.05, 3.63) is 34.5 Å². The Hall–Kier alpha value is -2.58. The van der Waals surface area contributed by atoms with Crippen molar-refractivity contribution in [2.75, 3.05) is 30.5 Å². The van der Waals surface area contributed by atoms with Gasteiger partial charge in [0.15, 0.2) is 0 Å². The Labute approximate surface area is 168 Å². The van der Waals surface area contributed by atoms with Crippen LogP contribution in [0.1, 0.15) is 36.4 Å². The number of ether oxygens (including phenoxy) is 3. The van der Waals surface area contributed by atoms with Crippen molar-refractivity contribution in [3.63, 3.8) is 0 Å². The molecule has 28 heavy (non-hydrogen) atoms. The SMILES string of the molecule is CCOc1cc(NC(=O)[C@H]2CCCO2)c(OCC)cc1NC(=O)c1cccs1. The molecule has 150 valence electrons. The summed E-state index contributed by atoms with van der Waals surface area (Å²) >= 11 is 1.35. The minimum Gasteiger partial charge on any atom is -0.492 e. The third-order valence-corrected chi connectivity index (χ3v) is 5.02. The zero-order valence-electron chi connectivity index (χ0n) is 15.9. The fourth-order valence-electron chi connectivity index (χ4n) is 2.89. The van der Waals surface area contributed by atoms with Gasteiger partial charge in [0.2, 0.25) is 0 Å². The maximum absolute atomic E-state index is 12.5. The Morgan fingerprint density at radius 1 is 1.14 bits per heavy atom. The van der Waals surface area contributed by atoms with E-state index < -0.39 is 6.10 Å². The Morgan fingerprint density at radius 3 is 2.36 bits per heavy atom. The molecule has 0 spiro atoms. The van der Waals surface area contributed by atoms with Gasteiger partial charge in [0.25, 0.3) is 11.8 Å². The average molecular weight is 404 g/mol. The standard InChI is InChI=1S/C20H24N2O5S/c1-3-25-16-12-14(22-20(24)18-8-6-10-28-18)17(26-4-2)11-13(16)21-19(23)15-7-5-9-27-15/h6,8,10-12,15H,3-5,7,9H2,1-2H3,(H,21,23)(H,22,24)/t15-/m1/s1. The van der Waals surface area contributed by atoms with Crippen LogP contribution >= 0.6 is 11.3 Å². The number of hydrogen-bond donors (Lipinski definition) is 2. The first-order chi connectivity index (χ1) is 13.6. The highest BCUT2D eigenvalue weighted by Gasteiger charge is 2.25. The molecule has 0 radical (unpaired) electrons. The van der Waals surface area contributed by atoms with Crippen molar-refractivity contribution in [3.8, 4) is 11.5 Å². The molecule has 3 rings (SSSR count). The lowest BCUT2D eigenvalue weighted by atomic mass is 10.2. The second-order valence-corrected chi connectivity index (χ2v) is 7.08. The van der Waals surface area contributed by atoms with E-state index in [0.29, 0.717) is 54.0 Å². The number of nitrogens with one attached hydrogen (secondary N) is 2. The number of carbonyl (C=O) groups excluding carboxylic acids is 2. The van der Waals surface area contributed by atoms with Gasteiger partial charge in [-0.05, 0) is 38.1 Å². The molecule has 1 aliphatic heterocycles. The van der Waals surface area contributed by atoms with Crippen LogP contribution in [0.2, 0.25) is 0 Å². The smallest absolute Gasteiger partial charge is 0.265 e. The molecular weight excluding hydrogens is 380 g/mol. The van der Waals surface area contributed by atoms with Crippen LogP contribution in [0.4, 0.5) is 11.4 Å². The molecule has 0 aliphatic carbocycles. The Balaban J connectivity index is 1.87. The fourth-order valence-corrected chi connectivity index (χ4v) is 3.51. The lowest BCUT2D eigenvalue weighted by molar-refractivity contribution is -0.124. The van der Waals surface area contributed by atoms with E-state index in [4.69, 9.17) is 14.2 Å². The summed E-state index contributed by atoms with van der Waals surface area (Å²) in [7, 11) is 0. The molecule has 2 N–H and O–H groups in total. The van der Waals surface area contributed by atoms with Crippen molar-refractivity contribution in [2.45, 2.75) is 32.8 Å². The number of carbonyl (C=O) groups is 2. The van der Waals surface area contributed by atoms with E-state index in [1.807, 2.05) is 25.3 Å². The molecule has 0 unspecified atom stereocenters. The highest BCUT2D eigenvalue weighted by atomic mass is 32.1. The molecule has 0 saturated carbocycles. The fraction of sp³-hybridized carbons (Fsp3) is 0.400. The molecule has 1 aromatic carbocycles. The van der Waals surface area contributed by atoms with Crippen LogP contribution in [0.15, 0.2) is 29.6 Å². The topological polar surface area (TPSA) is 85.9 Å². The molecule has 1 saturated heterocycles. The molecule has 1 aromatic heterocycles. The minimum atomic E-state index is -0.455. The van der Waals surface area contributed by atoms with Gasteiger partial charge >= 0.3 is 0 Å². The van der Waals surface area contributed by atoms with Crippen LogP contribution in [0.3, 0.4) is 0 Å². The van der Waals surface area contributed by atoms with Crippen LogP contribution in [-0.4, -0.2) is 37.7 Å². The number of hydrogen-bond acceptors (Lipinski definition) is 6. The van der Waals surface area contributed by atoms with Gasteiger partial charge < -0.3 is 24.8 Å². The van der Waals surface area contributed by atoms with Gasteiger partial charge in [-0.1, -0.05) is 6.07 Å². The molecule has 2 aromatic rings. The summed E-state index contributed by atoms with van der Waals surface area (Å²) in [5, 5.41) is 7.57. The quantitative estimate of drug-likeness (QED) is 0.697. The predicted octanol–water partition coefficient (Wildman–Crippen LogP) is 3.92. The summed E-state index contributed by atoms with van der Waals surface area (Å²) in [5.41, 5.74) is 0.971. The van der Waals surface area contributed by atoms with Crippen LogP contribution in [0.25, 0.3) is 0 Å². The lowest BCUT2D eigenvalue weighted by Gasteiger charge is -2.18.